The maximum atomic E-state index is 12.3. The summed E-state index contributed by atoms with van der Waals surface area (Å²) >= 11 is 0. The van der Waals surface area contributed by atoms with Gasteiger partial charge >= 0.3 is 0 Å². The molecule has 25 heavy (non-hydrogen) atoms. The third-order valence-corrected chi connectivity index (χ3v) is 4.76. The number of methoxy groups -OCH3 is 2. The molecule has 0 saturated carbocycles. The molecule has 0 saturated heterocycles. The van der Waals surface area contributed by atoms with Gasteiger partial charge < -0.3 is 14.8 Å². The Kier molecular flexibility index (Phi) is 6.37. The van der Waals surface area contributed by atoms with E-state index in [2.05, 4.69) is 10.0 Å². The average molecular weight is 364 g/mol. The summed E-state index contributed by atoms with van der Waals surface area (Å²) < 4.78 is 37.0. The molecule has 2 aromatic rings. The SMILES string of the molecule is COCCNC(=O)c1ccc(NS(=O)(=O)c2ccc(OC)cc2)cc1. The summed E-state index contributed by atoms with van der Waals surface area (Å²) in [6.45, 7) is 0.826. The van der Waals surface area contributed by atoms with Crippen LogP contribution in [0.5, 0.6) is 5.75 Å². The zero-order valence-electron chi connectivity index (χ0n) is 14.0. The lowest BCUT2D eigenvalue weighted by Gasteiger charge is -2.10. The third-order valence-electron chi connectivity index (χ3n) is 3.36. The highest BCUT2D eigenvalue weighted by atomic mass is 32.2. The van der Waals surface area contributed by atoms with E-state index >= 15 is 0 Å². The van der Waals surface area contributed by atoms with Gasteiger partial charge in [0.05, 0.1) is 18.6 Å². The van der Waals surface area contributed by atoms with Gasteiger partial charge in [-0.3, -0.25) is 9.52 Å². The highest BCUT2D eigenvalue weighted by molar-refractivity contribution is 7.92. The first-order valence-corrected chi connectivity index (χ1v) is 8.98. The first-order valence-electron chi connectivity index (χ1n) is 7.50. The van der Waals surface area contributed by atoms with Crippen LogP contribution in [0, 0.1) is 0 Å². The number of ether oxygens (including phenoxy) is 2. The van der Waals surface area contributed by atoms with Gasteiger partial charge in [-0.2, -0.15) is 0 Å². The zero-order chi connectivity index (χ0) is 18.3. The number of benzene rings is 2. The summed E-state index contributed by atoms with van der Waals surface area (Å²) in [7, 11) is -0.651. The molecule has 0 heterocycles. The second-order valence-corrected chi connectivity index (χ2v) is 6.79. The Balaban J connectivity index is 2.05. The first-order chi connectivity index (χ1) is 12.0. The molecular weight excluding hydrogens is 344 g/mol. The van der Waals surface area contributed by atoms with Crippen LogP contribution in [-0.4, -0.2) is 41.7 Å². The van der Waals surface area contributed by atoms with Crippen molar-refractivity contribution in [3.05, 3.63) is 54.1 Å². The quantitative estimate of drug-likeness (QED) is 0.698. The van der Waals surface area contributed by atoms with Crippen molar-refractivity contribution >= 4 is 21.6 Å². The van der Waals surface area contributed by atoms with Gasteiger partial charge in [-0.15, -0.1) is 0 Å². The highest BCUT2D eigenvalue weighted by Gasteiger charge is 2.14. The lowest BCUT2D eigenvalue weighted by molar-refractivity contribution is 0.0937. The van der Waals surface area contributed by atoms with Crippen molar-refractivity contribution in [3.63, 3.8) is 0 Å². The molecule has 0 spiro atoms. The van der Waals surface area contributed by atoms with Crippen molar-refractivity contribution < 1.29 is 22.7 Å². The minimum Gasteiger partial charge on any atom is -0.497 e. The molecule has 7 nitrogen and oxygen atoms in total. The lowest BCUT2D eigenvalue weighted by atomic mass is 10.2. The van der Waals surface area contributed by atoms with Crippen molar-refractivity contribution in [3.8, 4) is 5.75 Å². The number of hydrogen-bond donors (Lipinski definition) is 2. The van der Waals surface area contributed by atoms with Crippen LogP contribution in [0.15, 0.2) is 53.4 Å². The van der Waals surface area contributed by atoms with Crippen molar-refractivity contribution in [2.45, 2.75) is 4.90 Å². The Bertz CT molecular complexity index is 802. The fraction of sp³-hybridized carbons (Fsp3) is 0.235. The molecule has 1 amide bonds. The second kappa shape index (κ2) is 8.50. The van der Waals surface area contributed by atoms with Crippen molar-refractivity contribution in [1.82, 2.24) is 5.32 Å². The van der Waals surface area contributed by atoms with Crippen LogP contribution >= 0.6 is 0 Å². The lowest BCUT2D eigenvalue weighted by Crippen LogP contribution is -2.26. The van der Waals surface area contributed by atoms with E-state index in [9.17, 15) is 13.2 Å². The summed E-state index contributed by atoms with van der Waals surface area (Å²) in [5.41, 5.74) is 0.799. The van der Waals surface area contributed by atoms with Crippen LogP contribution in [0.1, 0.15) is 10.4 Å². The molecule has 2 rings (SSSR count). The summed E-state index contributed by atoms with van der Waals surface area (Å²) in [6, 6.07) is 12.2. The van der Waals surface area contributed by atoms with Crippen LogP contribution in [0.3, 0.4) is 0 Å². The summed E-state index contributed by atoms with van der Waals surface area (Å²) in [5, 5.41) is 2.69. The Morgan fingerprint density at radius 2 is 1.64 bits per heavy atom. The van der Waals surface area contributed by atoms with Gasteiger partial charge in [-0.1, -0.05) is 0 Å². The van der Waals surface area contributed by atoms with Gasteiger partial charge in [0.15, 0.2) is 0 Å². The molecular formula is C17H20N2O5S. The summed E-state index contributed by atoms with van der Waals surface area (Å²) in [4.78, 5) is 12.0. The van der Waals surface area contributed by atoms with E-state index in [4.69, 9.17) is 9.47 Å². The monoisotopic (exact) mass is 364 g/mol. The normalized spacial score (nSPS) is 11.0. The molecule has 8 heteroatoms. The summed E-state index contributed by atoms with van der Waals surface area (Å²) in [6.07, 6.45) is 0. The van der Waals surface area contributed by atoms with Gasteiger partial charge in [0.25, 0.3) is 15.9 Å². The van der Waals surface area contributed by atoms with Crippen LogP contribution < -0.4 is 14.8 Å². The number of amides is 1. The minimum atomic E-state index is -3.71. The number of carbonyl (C=O) groups excluding carboxylic acids is 1. The smallest absolute Gasteiger partial charge is 0.261 e. The average Bonchev–Trinajstić information content (AvgIpc) is 2.62. The van der Waals surface area contributed by atoms with Crippen LogP contribution in [0.4, 0.5) is 5.69 Å². The Morgan fingerprint density at radius 1 is 1.00 bits per heavy atom. The first kappa shape index (κ1) is 18.8. The predicted molar refractivity (Wildman–Crippen MR) is 94.5 cm³/mol. The molecule has 0 aliphatic heterocycles. The van der Waals surface area contributed by atoms with Crippen molar-refractivity contribution in [2.24, 2.45) is 0 Å². The van der Waals surface area contributed by atoms with Gasteiger partial charge in [-0.05, 0) is 48.5 Å². The molecule has 134 valence electrons. The predicted octanol–water partition coefficient (Wildman–Crippen LogP) is 1.87. The van der Waals surface area contributed by atoms with Crippen LogP contribution in [0.2, 0.25) is 0 Å². The van der Waals surface area contributed by atoms with E-state index < -0.39 is 10.0 Å². The Labute approximate surface area is 147 Å². The van der Waals surface area contributed by atoms with Gasteiger partial charge in [0.1, 0.15) is 5.75 Å². The van der Waals surface area contributed by atoms with E-state index in [0.717, 1.165) is 0 Å². The topological polar surface area (TPSA) is 93.7 Å². The van der Waals surface area contributed by atoms with Crippen molar-refractivity contribution in [1.29, 1.82) is 0 Å². The van der Waals surface area contributed by atoms with Crippen molar-refractivity contribution in [2.75, 3.05) is 32.1 Å². The summed E-state index contributed by atoms with van der Waals surface area (Å²) in [5.74, 6) is 0.324. The number of anilines is 1. The third kappa shape index (κ3) is 5.20. The molecule has 0 fully saturated rings. The van der Waals surface area contributed by atoms with E-state index in [0.29, 0.717) is 30.2 Å². The van der Waals surface area contributed by atoms with E-state index in [1.807, 2.05) is 0 Å². The fourth-order valence-electron chi connectivity index (χ4n) is 2.03. The molecule has 0 aromatic heterocycles. The van der Waals surface area contributed by atoms with Gasteiger partial charge in [0, 0.05) is 24.9 Å². The molecule has 2 N–H and O–H groups in total. The number of hydrogen-bond acceptors (Lipinski definition) is 5. The fourth-order valence-corrected chi connectivity index (χ4v) is 3.09. The maximum absolute atomic E-state index is 12.3. The standard InChI is InChI=1S/C17H20N2O5S/c1-23-12-11-18-17(20)13-3-5-14(6-4-13)19-25(21,22)16-9-7-15(24-2)8-10-16/h3-10,19H,11-12H2,1-2H3,(H,18,20). The molecule has 2 aromatic carbocycles. The maximum Gasteiger partial charge on any atom is 0.261 e. The number of carbonyl (C=O) groups is 1. The van der Waals surface area contributed by atoms with E-state index in [-0.39, 0.29) is 10.8 Å². The second-order valence-electron chi connectivity index (χ2n) is 5.11. The Morgan fingerprint density at radius 3 is 2.20 bits per heavy atom. The van der Waals surface area contributed by atoms with Crippen LogP contribution in [-0.2, 0) is 14.8 Å². The molecule has 0 radical (unpaired) electrons. The number of rotatable bonds is 8. The molecule has 0 aliphatic carbocycles. The number of nitrogens with one attached hydrogen (secondary N) is 2. The Hall–Kier alpha value is -2.58. The largest absolute Gasteiger partial charge is 0.497 e. The molecule has 0 unspecified atom stereocenters. The molecule has 0 aliphatic rings. The van der Waals surface area contributed by atoms with Gasteiger partial charge in [0.2, 0.25) is 0 Å². The van der Waals surface area contributed by atoms with E-state index in [1.54, 1.807) is 31.4 Å². The molecule has 0 atom stereocenters. The highest BCUT2D eigenvalue weighted by Crippen LogP contribution is 2.19. The van der Waals surface area contributed by atoms with Gasteiger partial charge in [-0.25, -0.2) is 8.42 Å². The van der Waals surface area contributed by atoms with Crippen LogP contribution in [0.25, 0.3) is 0 Å². The zero-order valence-corrected chi connectivity index (χ0v) is 14.8. The minimum absolute atomic E-state index is 0.120. The molecule has 0 bridgehead atoms. The van der Waals surface area contributed by atoms with E-state index in [1.165, 1.54) is 31.4 Å². The number of sulfonamides is 1.